The lowest BCUT2D eigenvalue weighted by molar-refractivity contribution is -0.385. The number of rotatable bonds is 6. The highest BCUT2D eigenvalue weighted by Crippen LogP contribution is 2.19. The van der Waals surface area contributed by atoms with Crippen molar-refractivity contribution in [3.05, 3.63) is 79.5 Å². The third-order valence-corrected chi connectivity index (χ3v) is 4.29. The van der Waals surface area contributed by atoms with E-state index >= 15 is 0 Å². The predicted molar refractivity (Wildman–Crippen MR) is 98.3 cm³/mol. The summed E-state index contributed by atoms with van der Waals surface area (Å²) in [5, 5.41) is 19.0. The van der Waals surface area contributed by atoms with Crippen molar-refractivity contribution < 1.29 is 9.66 Å². The van der Waals surface area contributed by atoms with E-state index in [2.05, 4.69) is 10.2 Å². The molecule has 1 atom stereocenters. The number of halogens is 1. The van der Waals surface area contributed by atoms with Gasteiger partial charge in [-0.05, 0) is 30.7 Å². The molecule has 0 saturated heterocycles. The van der Waals surface area contributed by atoms with E-state index in [0.29, 0.717) is 11.3 Å². The van der Waals surface area contributed by atoms with Gasteiger partial charge in [-0.1, -0.05) is 23.7 Å². The van der Waals surface area contributed by atoms with E-state index in [1.165, 1.54) is 21.6 Å². The second kappa shape index (κ2) is 7.58. The Bertz CT molecular complexity index is 1030. The molecule has 0 bridgehead atoms. The molecule has 10 heteroatoms. The fraction of sp³-hybridized carbons (Fsp3) is 0.235. The highest BCUT2D eigenvalue weighted by atomic mass is 35.5. The van der Waals surface area contributed by atoms with E-state index in [1.54, 1.807) is 26.2 Å². The van der Waals surface area contributed by atoms with E-state index in [9.17, 15) is 14.9 Å². The first kappa shape index (κ1) is 18.6. The summed E-state index contributed by atoms with van der Waals surface area (Å²) in [6.07, 6.45) is 2.40. The Morgan fingerprint density at radius 1 is 1.33 bits per heavy atom. The molecular formula is C17H16ClN5O4. The fourth-order valence-electron chi connectivity index (χ4n) is 2.62. The lowest BCUT2D eigenvalue weighted by atomic mass is 10.1. The van der Waals surface area contributed by atoms with Gasteiger partial charge >= 0.3 is 5.69 Å². The minimum absolute atomic E-state index is 0.145. The molecule has 2 aromatic heterocycles. The maximum absolute atomic E-state index is 12.8. The Labute approximate surface area is 158 Å². The van der Waals surface area contributed by atoms with Crippen LogP contribution in [0, 0.1) is 10.1 Å². The van der Waals surface area contributed by atoms with Crippen LogP contribution in [-0.4, -0.2) is 31.6 Å². The first-order valence-electron chi connectivity index (χ1n) is 7.98. The minimum atomic E-state index is -0.547. The standard InChI is InChI=1S/C17H16ClN5O4/c1-11(21-10-13(8-19-21)23(25)26)15-7-16(18)20-22(17(15)24)9-12-3-5-14(27-2)6-4-12/h3-8,10-11H,9H2,1-2H3. The lowest BCUT2D eigenvalue weighted by Gasteiger charge is -2.14. The second-order valence-corrected chi connectivity index (χ2v) is 6.23. The summed E-state index contributed by atoms with van der Waals surface area (Å²) in [6.45, 7) is 1.93. The van der Waals surface area contributed by atoms with Gasteiger partial charge in [0, 0.05) is 5.56 Å². The number of aromatic nitrogens is 4. The number of hydrogen-bond acceptors (Lipinski definition) is 6. The SMILES string of the molecule is COc1ccc(Cn2nc(Cl)cc(C(C)n3cc([N+](=O)[O-])cn3)c2=O)cc1. The van der Waals surface area contributed by atoms with Crippen molar-refractivity contribution in [2.24, 2.45) is 0 Å². The number of nitrogens with zero attached hydrogens (tertiary/aromatic N) is 5. The van der Waals surface area contributed by atoms with Gasteiger partial charge in [0.05, 0.1) is 24.6 Å². The molecule has 0 saturated carbocycles. The van der Waals surface area contributed by atoms with Crippen molar-refractivity contribution in [1.82, 2.24) is 19.6 Å². The zero-order chi connectivity index (χ0) is 19.6. The van der Waals surface area contributed by atoms with Crippen LogP contribution in [0.5, 0.6) is 5.75 Å². The Hall–Kier alpha value is -3.20. The van der Waals surface area contributed by atoms with E-state index in [1.807, 2.05) is 12.1 Å². The molecule has 3 rings (SSSR count). The van der Waals surface area contributed by atoms with Crippen molar-refractivity contribution in [2.45, 2.75) is 19.5 Å². The maximum atomic E-state index is 12.8. The van der Waals surface area contributed by atoms with Crippen LogP contribution in [0.25, 0.3) is 0 Å². The van der Waals surface area contributed by atoms with Crippen molar-refractivity contribution >= 4 is 17.3 Å². The zero-order valence-corrected chi connectivity index (χ0v) is 15.3. The molecular weight excluding hydrogens is 374 g/mol. The monoisotopic (exact) mass is 389 g/mol. The molecule has 0 amide bonds. The van der Waals surface area contributed by atoms with Gasteiger partial charge in [-0.25, -0.2) is 4.68 Å². The van der Waals surface area contributed by atoms with Gasteiger partial charge in [-0.2, -0.15) is 10.2 Å². The number of methoxy groups -OCH3 is 1. The average Bonchev–Trinajstić information content (AvgIpc) is 3.15. The molecule has 0 fully saturated rings. The van der Waals surface area contributed by atoms with Gasteiger partial charge in [-0.15, -0.1) is 0 Å². The quantitative estimate of drug-likeness (QED) is 0.474. The van der Waals surface area contributed by atoms with Crippen LogP contribution in [0.3, 0.4) is 0 Å². The van der Waals surface area contributed by atoms with Crippen LogP contribution in [-0.2, 0) is 6.54 Å². The molecule has 0 spiro atoms. The Morgan fingerprint density at radius 2 is 2.04 bits per heavy atom. The van der Waals surface area contributed by atoms with Crippen molar-refractivity contribution in [1.29, 1.82) is 0 Å². The Morgan fingerprint density at radius 3 is 2.63 bits per heavy atom. The van der Waals surface area contributed by atoms with Crippen LogP contribution in [0.1, 0.15) is 24.1 Å². The Balaban J connectivity index is 1.94. The number of benzene rings is 1. The largest absolute Gasteiger partial charge is 0.497 e. The summed E-state index contributed by atoms with van der Waals surface area (Å²) in [4.78, 5) is 23.1. The van der Waals surface area contributed by atoms with Gasteiger partial charge in [0.15, 0.2) is 0 Å². The third-order valence-electron chi connectivity index (χ3n) is 4.11. The van der Waals surface area contributed by atoms with Crippen LogP contribution < -0.4 is 10.3 Å². The van der Waals surface area contributed by atoms with Crippen molar-refractivity contribution in [3.8, 4) is 5.75 Å². The molecule has 27 heavy (non-hydrogen) atoms. The van der Waals surface area contributed by atoms with E-state index < -0.39 is 11.0 Å². The summed E-state index contributed by atoms with van der Waals surface area (Å²) >= 11 is 6.09. The van der Waals surface area contributed by atoms with Gasteiger partial charge < -0.3 is 4.74 Å². The lowest BCUT2D eigenvalue weighted by Crippen LogP contribution is -2.29. The summed E-state index contributed by atoms with van der Waals surface area (Å²) in [6, 6.07) is 8.14. The fourth-order valence-corrected chi connectivity index (χ4v) is 2.82. The molecule has 3 aromatic rings. The highest BCUT2D eigenvalue weighted by Gasteiger charge is 2.19. The molecule has 9 nitrogen and oxygen atoms in total. The third kappa shape index (κ3) is 3.98. The highest BCUT2D eigenvalue weighted by molar-refractivity contribution is 6.29. The summed E-state index contributed by atoms with van der Waals surface area (Å²) in [5.74, 6) is 0.708. The normalized spacial score (nSPS) is 12.0. The van der Waals surface area contributed by atoms with E-state index in [-0.39, 0.29) is 22.9 Å². The molecule has 0 aliphatic carbocycles. The molecule has 0 aliphatic heterocycles. The molecule has 2 heterocycles. The van der Waals surface area contributed by atoms with Gasteiger partial charge in [0.25, 0.3) is 5.56 Å². The average molecular weight is 390 g/mol. The first-order chi connectivity index (χ1) is 12.9. The molecule has 0 aliphatic rings. The molecule has 0 N–H and O–H groups in total. The first-order valence-corrected chi connectivity index (χ1v) is 8.36. The van der Waals surface area contributed by atoms with Crippen LogP contribution in [0.15, 0.2) is 47.5 Å². The van der Waals surface area contributed by atoms with Crippen molar-refractivity contribution in [3.63, 3.8) is 0 Å². The molecule has 1 aromatic carbocycles. The molecule has 0 radical (unpaired) electrons. The number of hydrogen-bond donors (Lipinski definition) is 0. The Kier molecular flexibility index (Phi) is 5.22. The summed E-state index contributed by atoms with van der Waals surface area (Å²) in [7, 11) is 1.57. The summed E-state index contributed by atoms with van der Waals surface area (Å²) < 4.78 is 7.73. The van der Waals surface area contributed by atoms with Gasteiger partial charge in [0.1, 0.15) is 23.3 Å². The van der Waals surface area contributed by atoms with Crippen LogP contribution >= 0.6 is 11.6 Å². The predicted octanol–water partition coefficient (Wildman–Crippen LogP) is 2.67. The summed E-state index contributed by atoms with van der Waals surface area (Å²) in [5.41, 5.74) is 0.684. The van der Waals surface area contributed by atoms with E-state index in [0.717, 1.165) is 11.8 Å². The number of nitro groups is 1. The molecule has 140 valence electrons. The van der Waals surface area contributed by atoms with Crippen molar-refractivity contribution in [2.75, 3.05) is 7.11 Å². The van der Waals surface area contributed by atoms with Gasteiger partial charge in [0.2, 0.25) is 0 Å². The smallest absolute Gasteiger partial charge is 0.307 e. The number of ether oxygens (including phenoxy) is 1. The topological polar surface area (TPSA) is 105 Å². The van der Waals surface area contributed by atoms with E-state index in [4.69, 9.17) is 16.3 Å². The maximum Gasteiger partial charge on any atom is 0.307 e. The van der Waals surface area contributed by atoms with Crippen LogP contribution in [0.4, 0.5) is 5.69 Å². The van der Waals surface area contributed by atoms with Crippen LogP contribution in [0.2, 0.25) is 5.15 Å². The minimum Gasteiger partial charge on any atom is -0.497 e. The van der Waals surface area contributed by atoms with Gasteiger partial charge in [-0.3, -0.25) is 19.6 Å². The second-order valence-electron chi connectivity index (χ2n) is 5.84. The zero-order valence-electron chi connectivity index (χ0n) is 14.6. The molecule has 1 unspecified atom stereocenters.